The lowest BCUT2D eigenvalue weighted by molar-refractivity contribution is 0.00578. The Labute approximate surface area is 115 Å². The molecule has 1 aromatic carbocycles. The Kier molecular flexibility index (Phi) is 2.60. The summed E-state index contributed by atoms with van der Waals surface area (Å²) in [6, 6.07) is 8.37. The Morgan fingerprint density at radius 1 is 1.11 bits per heavy atom. The third-order valence-corrected chi connectivity index (χ3v) is 4.33. The summed E-state index contributed by atoms with van der Waals surface area (Å²) in [6.45, 7) is 10.4. The molecular formula is C15H22BNO2. The summed E-state index contributed by atoms with van der Waals surface area (Å²) in [5.41, 5.74) is 2.73. The maximum atomic E-state index is 6.13. The first kappa shape index (κ1) is 12.8. The number of rotatable bonds is 1. The lowest BCUT2D eigenvalue weighted by Crippen LogP contribution is -2.41. The van der Waals surface area contributed by atoms with Crippen LogP contribution in [0.15, 0.2) is 24.3 Å². The van der Waals surface area contributed by atoms with E-state index in [0.717, 1.165) is 16.7 Å². The third-order valence-electron chi connectivity index (χ3n) is 4.33. The summed E-state index contributed by atoms with van der Waals surface area (Å²) in [5, 5.41) is 1.20. The fourth-order valence-electron chi connectivity index (χ4n) is 2.49. The number of fused-ring (bicyclic) bond motifs is 1. The Hall–Kier alpha value is -1.26. The number of para-hydroxylation sites is 1. The Morgan fingerprint density at radius 2 is 1.74 bits per heavy atom. The van der Waals surface area contributed by atoms with E-state index in [2.05, 4.69) is 63.9 Å². The van der Waals surface area contributed by atoms with Crippen molar-refractivity contribution in [2.75, 3.05) is 0 Å². The van der Waals surface area contributed by atoms with Crippen molar-refractivity contribution in [1.29, 1.82) is 0 Å². The van der Waals surface area contributed by atoms with Crippen molar-refractivity contribution >= 4 is 23.5 Å². The van der Waals surface area contributed by atoms with Gasteiger partial charge in [0.25, 0.3) is 0 Å². The summed E-state index contributed by atoms with van der Waals surface area (Å²) in [6.07, 6.45) is 0. The average Bonchev–Trinajstić information content (AvgIpc) is 2.75. The molecule has 0 atom stereocenters. The summed E-state index contributed by atoms with van der Waals surface area (Å²) in [7, 11) is -0.313. The molecule has 0 amide bonds. The lowest BCUT2D eigenvalue weighted by atomic mass is 9.78. The number of H-pyrrole nitrogens is 1. The highest BCUT2D eigenvalue weighted by Crippen LogP contribution is 2.36. The van der Waals surface area contributed by atoms with Crippen LogP contribution in [0.5, 0.6) is 0 Å². The van der Waals surface area contributed by atoms with E-state index in [9.17, 15) is 0 Å². The van der Waals surface area contributed by atoms with Crippen LogP contribution < -0.4 is 5.46 Å². The molecule has 1 saturated heterocycles. The second kappa shape index (κ2) is 3.87. The van der Waals surface area contributed by atoms with Crippen LogP contribution >= 0.6 is 0 Å². The average molecular weight is 259 g/mol. The van der Waals surface area contributed by atoms with Crippen LogP contribution in [0.4, 0.5) is 0 Å². The van der Waals surface area contributed by atoms with Crippen molar-refractivity contribution in [3.05, 3.63) is 30.0 Å². The van der Waals surface area contributed by atoms with Crippen molar-refractivity contribution in [3.63, 3.8) is 0 Å². The predicted octanol–water partition coefficient (Wildman–Crippen LogP) is 3.02. The zero-order valence-corrected chi connectivity index (χ0v) is 12.2. The van der Waals surface area contributed by atoms with E-state index >= 15 is 0 Å². The summed E-state index contributed by atoms with van der Waals surface area (Å²) in [5.74, 6) is 0. The molecule has 2 heterocycles. The number of aromatic amines is 1. The maximum Gasteiger partial charge on any atom is 0.497 e. The molecule has 3 nitrogen and oxygen atoms in total. The van der Waals surface area contributed by atoms with E-state index in [1.165, 1.54) is 5.39 Å². The minimum Gasteiger partial charge on any atom is -0.399 e. The van der Waals surface area contributed by atoms with Gasteiger partial charge < -0.3 is 14.3 Å². The first-order valence-corrected chi connectivity index (χ1v) is 6.74. The van der Waals surface area contributed by atoms with E-state index in [1.807, 2.05) is 0 Å². The van der Waals surface area contributed by atoms with Crippen molar-refractivity contribution in [2.24, 2.45) is 0 Å². The Morgan fingerprint density at radius 3 is 2.37 bits per heavy atom. The number of aryl methyl sites for hydroxylation is 1. The van der Waals surface area contributed by atoms with Gasteiger partial charge in [0.2, 0.25) is 0 Å². The molecular weight excluding hydrogens is 237 g/mol. The molecule has 0 saturated carbocycles. The van der Waals surface area contributed by atoms with Crippen LogP contribution in [0.25, 0.3) is 10.9 Å². The number of hydrogen-bond donors (Lipinski definition) is 1. The van der Waals surface area contributed by atoms with Crippen LogP contribution in [-0.2, 0) is 9.31 Å². The quantitative estimate of drug-likeness (QED) is 0.799. The van der Waals surface area contributed by atoms with Gasteiger partial charge in [-0.2, -0.15) is 0 Å². The number of benzene rings is 1. The highest BCUT2D eigenvalue weighted by molar-refractivity contribution is 6.65. The van der Waals surface area contributed by atoms with Crippen molar-refractivity contribution < 1.29 is 10.7 Å². The van der Waals surface area contributed by atoms with E-state index in [4.69, 9.17) is 9.31 Å². The zero-order chi connectivity index (χ0) is 13.8. The molecule has 0 unspecified atom stereocenters. The first-order chi connectivity index (χ1) is 8.80. The molecule has 1 N–H and O–H groups in total. The van der Waals surface area contributed by atoms with Crippen LogP contribution in [0.2, 0.25) is 0 Å². The van der Waals surface area contributed by atoms with E-state index in [1.54, 1.807) is 0 Å². The minimum atomic E-state index is -0.313. The maximum absolute atomic E-state index is 6.13. The minimum absolute atomic E-state index is 0. The fraction of sp³-hybridized carbons (Fsp3) is 0.467. The topological polar surface area (TPSA) is 34.2 Å². The van der Waals surface area contributed by atoms with Gasteiger partial charge in [0.15, 0.2) is 0 Å². The Bertz CT molecular complexity index is 620. The largest absolute Gasteiger partial charge is 0.497 e. The molecule has 1 aliphatic rings. The smallest absolute Gasteiger partial charge is 0.399 e. The normalized spacial score (nSPS) is 21.2. The molecule has 102 valence electrons. The second-order valence-electron chi connectivity index (χ2n) is 6.35. The summed E-state index contributed by atoms with van der Waals surface area (Å²) in [4.78, 5) is 3.40. The number of aromatic nitrogens is 1. The summed E-state index contributed by atoms with van der Waals surface area (Å²) >= 11 is 0. The van der Waals surface area contributed by atoms with Gasteiger partial charge in [0, 0.05) is 18.1 Å². The van der Waals surface area contributed by atoms with Gasteiger partial charge in [0.1, 0.15) is 0 Å². The number of hydrogen-bond acceptors (Lipinski definition) is 2. The van der Waals surface area contributed by atoms with Crippen LogP contribution in [0, 0.1) is 6.92 Å². The van der Waals surface area contributed by atoms with Gasteiger partial charge in [-0.25, -0.2) is 0 Å². The van der Waals surface area contributed by atoms with Crippen LogP contribution in [0.3, 0.4) is 0 Å². The van der Waals surface area contributed by atoms with Gasteiger partial charge in [-0.15, -0.1) is 0 Å². The molecule has 4 heteroatoms. The summed E-state index contributed by atoms with van der Waals surface area (Å²) < 4.78 is 12.3. The SMILES string of the molecule is Cc1cc2cccc(B3OC(C)(C)C(C)(C)O3)c2[nH]1.[HH]. The van der Waals surface area contributed by atoms with Gasteiger partial charge in [0.05, 0.1) is 11.2 Å². The third kappa shape index (κ3) is 1.90. The lowest BCUT2D eigenvalue weighted by Gasteiger charge is -2.32. The highest BCUT2D eigenvalue weighted by atomic mass is 16.7. The van der Waals surface area contributed by atoms with Crippen molar-refractivity contribution in [1.82, 2.24) is 4.98 Å². The standard InChI is InChI=1S/C15H20BNO2.H2/c1-10-9-11-7-6-8-12(13(11)17-10)16-18-14(2,3)15(4,5)19-16;/h6-9,17H,1-5H3;1H. The monoisotopic (exact) mass is 259 g/mol. The zero-order valence-electron chi connectivity index (χ0n) is 12.2. The van der Waals surface area contributed by atoms with Crippen LogP contribution in [-0.4, -0.2) is 23.3 Å². The highest BCUT2D eigenvalue weighted by Gasteiger charge is 2.52. The van der Waals surface area contributed by atoms with Gasteiger partial charge in [-0.1, -0.05) is 18.2 Å². The van der Waals surface area contributed by atoms with Crippen molar-refractivity contribution in [3.8, 4) is 0 Å². The predicted molar refractivity (Wildman–Crippen MR) is 80.9 cm³/mol. The van der Waals surface area contributed by atoms with Crippen molar-refractivity contribution in [2.45, 2.75) is 45.8 Å². The molecule has 1 aromatic heterocycles. The molecule has 0 spiro atoms. The molecule has 3 rings (SSSR count). The molecule has 1 fully saturated rings. The molecule has 2 aromatic rings. The second-order valence-corrected chi connectivity index (χ2v) is 6.35. The molecule has 0 radical (unpaired) electrons. The van der Waals surface area contributed by atoms with E-state index in [-0.39, 0.29) is 19.7 Å². The first-order valence-electron chi connectivity index (χ1n) is 6.74. The van der Waals surface area contributed by atoms with Gasteiger partial charge >= 0.3 is 7.12 Å². The molecule has 0 aliphatic carbocycles. The van der Waals surface area contributed by atoms with E-state index in [0.29, 0.717) is 0 Å². The molecule has 19 heavy (non-hydrogen) atoms. The van der Waals surface area contributed by atoms with E-state index < -0.39 is 0 Å². The Balaban J connectivity index is 0.00000147. The fourth-order valence-corrected chi connectivity index (χ4v) is 2.49. The molecule has 0 bridgehead atoms. The van der Waals surface area contributed by atoms with Crippen LogP contribution in [0.1, 0.15) is 34.8 Å². The van der Waals surface area contributed by atoms with Gasteiger partial charge in [-0.3, -0.25) is 0 Å². The molecule has 1 aliphatic heterocycles. The van der Waals surface area contributed by atoms with Gasteiger partial charge in [-0.05, 0) is 46.1 Å². The number of nitrogens with one attached hydrogen (secondary N) is 1.